The zero-order chi connectivity index (χ0) is 12.7. The van der Waals surface area contributed by atoms with Gasteiger partial charge in [-0.15, -0.1) is 0 Å². The van der Waals surface area contributed by atoms with E-state index >= 15 is 0 Å². The normalized spacial score (nSPS) is 10.1. The van der Waals surface area contributed by atoms with E-state index in [0.29, 0.717) is 23.4 Å². The van der Waals surface area contributed by atoms with Crippen LogP contribution in [0.4, 0.5) is 4.39 Å². The van der Waals surface area contributed by atoms with E-state index in [1.165, 1.54) is 18.2 Å². The number of hydrogen-bond donors (Lipinski definition) is 1. The van der Waals surface area contributed by atoms with Crippen molar-refractivity contribution in [2.24, 2.45) is 0 Å². The Morgan fingerprint density at radius 3 is 3.00 bits per heavy atom. The van der Waals surface area contributed by atoms with Crippen molar-refractivity contribution >= 4 is 21.8 Å². The Kier molecular flexibility index (Phi) is 5.93. The van der Waals surface area contributed by atoms with Gasteiger partial charge in [-0.1, -0.05) is 0 Å². The minimum atomic E-state index is -0.414. The first-order valence-electron chi connectivity index (χ1n) is 4.97. The summed E-state index contributed by atoms with van der Waals surface area (Å²) in [4.78, 5) is 11.3. The summed E-state index contributed by atoms with van der Waals surface area (Å²) in [6, 6.07) is 4.04. The van der Waals surface area contributed by atoms with Crippen molar-refractivity contribution in [2.45, 2.75) is 0 Å². The van der Waals surface area contributed by atoms with Gasteiger partial charge in [0.25, 0.3) is 5.91 Å². The molecule has 1 aromatic rings. The van der Waals surface area contributed by atoms with E-state index in [0.717, 1.165) is 0 Å². The summed E-state index contributed by atoms with van der Waals surface area (Å²) in [6.07, 6.45) is 0. The number of rotatable bonds is 6. The summed E-state index contributed by atoms with van der Waals surface area (Å²) in [5.74, 6) is -0.395. The number of carbonyl (C=O) groups excluding carboxylic acids is 1. The molecule has 1 N–H and O–H groups in total. The molecule has 0 saturated heterocycles. The van der Waals surface area contributed by atoms with Gasteiger partial charge in [-0.05, 0) is 28.1 Å². The molecule has 0 saturated carbocycles. The second-order valence-corrected chi connectivity index (χ2v) is 4.06. The standard InChI is InChI=1S/C11H13BrFNO3/c1-16-5-4-14-11(15)7-17-10-6-8(13)2-3-9(10)12/h2-3,6H,4-5,7H2,1H3,(H,14,15). The minimum Gasteiger partial charge on any atom is -0.482 e. The van der Waals surface area contributed by atoms with Crippen molar-refractivity contribution < 1.29 is 18.7 Å². The third-order valence-corrected chi connectivity index (χ3v) is 2.54. The van der Waals surface area contributed by atoms with Crippen LogP contribution >= 0.6 is 15.9 Å². The molecule has 1 amide bonds. The Morgan fingerprint density at radius 1 is 1.53 bits per heavy atom. The molecule has 17 heavy (non-hydrogen) atoms. The average Bonchev–Trinajstić information content (AvgIpc) is 2.31. The van der Waals surface area contributed by atoms with Gasteiger partial charge in [0.2, 0.25) is 0 Å². The van der Waals surface area contributed by atoms with Gasteiger partial charge < -0.3 is 14.8 Å². The largest absolute Gasteiger partial charge is 0.482 e. The van der Waals surface area contributed by atoms with Crippen molar-refractivity contribution in [3.8, 4) is 5.75 Å². The molecule has 0 radical (unpaired) electrons. The molecule has 0 unspecified atom stereocenters. The van der Waals surface area contributed by atoms with Crippen LogP contribution in [0.5, 0.6) is 5.75 Å². The lowest BCUT2D eigenvalue weighted by Crippen LogP contribution is -2.31. The van der Waals surface area contributed by atoms with Crippen molar-refractivity contribution in [2.75, 3.05) is 26.9 Å². The van der Waals surface area contributed by atoms with Crippen LogP contribution in [-0.2, 0) is 9.53 Å². The molecule has 0 spiro atoms. The molecule has 0 heterocycles. The fourth-order valence-corrected chi connectivity index (χ4v) is 1.44. The number of methoxy groups -OCH3 is 1. The number of ether oxygens (including phenoxy) is 2. The Bertz CT molecular complexity index is 387. The summed E-state index contributed by atoms with van der Waals surface area (Å²) in [5, 5.41) is 2.59. The van der Waals surface area contributed by atoms with Gasteiger partial charge in [-0.25, -0.2) is 4.39 Å². The van der Waals surface area contributed by atoms with Crippen LogP contribution in [-0.4, -0.2) is 32.8 Å². The molecule has 0 fully saturated rings. The quantitative estimate of drug-likeness (QED) is 0.814. The lowest BCUT2D eigenvalue weighted by molar-refractivity contribution is -0.123. The number of hydrogen-bond acceptors (Lipinski definition) is 3. The molecule has 1 rings (SSSR count). The van der Waals surface area contributed by atoms with E-state index in [-0.39, 0.29) is 12.5 Å². The maximum atomic E-state index is 12.9. The summed E-state index contributed by atoms with van der Waals surface area (Å²) in [6.45, 7) is 0.699. The maximum absolute atomic E-state index is 12.9. The van der Waals surface area contributed by atoms with Gasteiger partial charge in [0.15, 0.2) is 6.61 Å². The Hall–Kier alpha value is -1.14. The Labute approximate surface area is 107 Å². The molecule has 0 aromatic heterocycles. The fraction of sp³-hybridized carbons (Fsp3) is 0.364. The van der Waals surface area contributed by atoms with Crippen LogP contribution in [0.2, 0.25) is 0 Å². The highest BCUT2D eigenvalue weighted by atomic mass is 79.9. The minimum absolute atomic E-state index is 0.161. The Morgan fingerprint density at radius 2 is 2.29 bits per heavy atom. The summed E-state index contributed by atoms with van der Waals surface area (Å²) in [5.41, 5.74) is 0. The molecule has 0 aliphatic heterocycles. The summed E-state index contributed by atoms with van der Waals surface area (Å²) >= 11 is 3.20. The molecule has 1 aromatic carbocycles. The lowest BCUT2D eigenvalue weighted by Gasteiger charge is -2.08. The molecule has 0 aliphatic rings. The van der Waals surface area contributed by atoms with Gasteiger partial charge in [0.1, 0.15) is 11.6 Å². The molecule has 0 aliphatic carbocycles. The highest BCUT2D eigenvalue weighted by molar-refractivity contribution is 9.10. The second kappa shape index (κ2) is 7.24. The Balaban J connectivity index is 2.39. The van der Waals surface area contributed by atoms with Crippen molar-refractivity contribution in [3.05, 3.63) is 28.5 Å². The van der Waals surface area contributed by atoms with E-state index in [1.807, 2.05) is 0 Å². The number of nitrogens with one attached hydrogen (secondary N) is 1. The van der Waals surface area contributed by atoms with Gasteiger partial charge >= 0.3 is 0 Å². The maximum Gasteiger partial charge on any atom is 0.258 e. The van der Waals surface area contributed by atoms with Crippen LogP contribution < -0.4 is 10.1 Å². The van der Waals surface area contributed by atoms with E-state index in [2.05, 4.69) is 21.2 Å². The van der Waals surface area contributed by atoms with Gasteiger partial charge in [0, 0.05) is 19.7 Å². The molecular formula is C11H13BrFNO3. The smallest absolute Gasteiger partial charge is 0.258 e. The number of amides is 1. The van der Waals surface area contributed by atoms with Crippen LogP contribution in [0, 0.1) is 5.82 Å². The van der Waals surface area contributed by atoms with Gasteiger partial charge in [-0.3, -0.25) is 4.79 Å². The molecule has 0 bridgehead atoms. The van der Waals surface area contributed by atoms with E-state index in [4.69, 9.17) is 9.47 Å². The summed E-state index contributed by atoms with van der Waals surface area (Å²) < 4.78 is 23.5. The van der Waals surface area contributed by atoms with Gasteiger partial charge in [0.05, 0.1) is 11.1 Å². The third kappa shape index (κ3) is 5.14. The zero-order valence-corrected chi connectivity index (χ0v) is 10.9. The first-order chi connectivity index (χ1) is 8.13. The topological polar surface area (TPSA) is 47.6 Å². The van der Waals surface area contributed by atoms with Crippen LogP contribution in [0.25, 0.3) is 0 Å². The van der Waals surface area contributed by atoms with Crippen molar-refractivity contribution in [1.82, 2.24) is 5.32 Å². The number of benzene rings is 1. The van der Waals surface area contributed by atoms with Gasteiger partial charge in [-0.2, -0.15) is 0 Å². The number of carbonyl (C=O) groups is 1. The predicted octanol–water partition coefficient (Wildman–Crippen LogP) is 1.73. The molecule has 6 heteroatoms. The second-order valence-electron chi connectivity index (χ2n) is 3.21. The molecule has 4 nitrogen and oxygen atoms in total. The first kappa shape index (κ1) is 13.9. The average molecular weight is 306 g/mol. The van der Waals surface area contributed by atoms with E-state index in [9.17, 15) is 9.18 Å². The lowest BCUT2D eigenvalue weighted by atomic mass is 10.3. The van der Waals surface area contributed by atoms with E-state index < -0.39 is 5.82 Å². The van der Waals surface area contributed by atoms with Crippen LogP contribution in [0.1, 0.15) is 0 Å². The van der Waals surface area contributed by atoms with Crippen LogP contribution in [0.3, 0.4) is 0 Å². The van der Waals surface area contributed by atoms with Crippen molar-refractivity contribution in [3.63, 3.8) is 0 Å². The molecule has 0 atom stereocenters. The molecule has 94 valence electrons. The summed E-state index contributed by atoms with van der Waals surface area (Å²) in [7, 11) is 1.55. The predicted molar refractivity (Wildman–Crippen MR) is 64.5 cm³/mol. The first-order valence-corrected chi connectivity index (χ1v) is 5.76. The van der Waals surface area contributed by atoms with Crippen molar-refractivity contribution in [1.29, 1.82) is 0 Å². The van der Waals surface area contributed by atoms with Crippen LogP contribution in [0.15, 0.2) is 22.7 Å². The highest BCUT2D eigenvalue weighted by Gasteiger charge is 2.06. The zero-order valence-electron chi connectivity index (χ0n) is 9.33. The SMILES string of the molecule is COCCNC(=O)COc1cc(F)ccc1Br. The monoisotopic (exact) mass is 305 g/mol. The number of halogens is 2. The third-order valence-electron chi connectivity index (χ3n) is 1.88. The fourth-order valence-electron chi connectivity index (χ4n) is 1.07. The van der Waals surface area contributed by atoms with E-state index in [1.54, 1.807) is 7.11 Å². The highest BCUT2D eigenvalue weighted by Crippen LogP contribution is 2.25. The molecular weight excluding hydrogens is 293 g/mol.